The molecule has 2 N–H and O–H groups in total. The smallest absolute Gasteiger partial charge is 0.319 e. The molecule has 0 saturated heterocycles. The molecule has 0 spiro atoms. The number of aromatic nitrogens is 2. The van der Waals surface area contributed by atoms with Gasteiger partial charge in [-0.1, -0.05) is 35.5 Å². The first kappa shape index (κ1) is 16.8. The number of benzene rings is 1. The first-order chi connectivity index (χ1) is 12.8. The predicted octanol–water partition coefficient (Wildman–Crippen LogP) is 4.43. The molecule has 4 rings (SSSR count). The molecule has 7 heteroatoms. The highest BCUT2D eigenvalue weighted by molar-refractivity contribution is 7.14. The van der Waals surface area contributed by atoms with Crippen LogP contribution in [0.4, 0.5) is 10.5 Å². The van der Waals surface area contributed by atoms with Crippen molar-refractivity contribution in [2.45, 2.75) is 31.6 Å². The van der Waals surface area contributed by atoms with E-state index in [-0.39, 0.29) is 6.03 Å². The van der Waals surface area contributed by atoms with Crippen molar-refractivity contribution in [2.75, 3.05) is 11.9 Å². The summed E-state index contributed by atoms with van der Waals surface area (Å²) in [6, 6.07) is 11.9. The van der Waals surface area contributed by atoms with E-state index in [2.05, 4.69) is 32.9 Å². The Hall–Kier alpha value is -2.67. The van der Waals surface area contributed by atoms with E-state index in [1.807, 2.05) is 29.6 Å². The van der Waals surface area contributed by atoms with Gasteiger partial charge in [0.05, 0.1) is 5.69 Å². The van der Waals surface area contributed by atoms with Gasteiger partial charge in [-0.2, -0.15) is 4.98 Å². The Morgan fingerprint density at radius 1 is 1.23 bits per heavy atom. The first-order valence-corrected chi connectivity index (χ1v) is 9.68. The van der Waals surface area contributed by atoms with Gasteiger partial charge in [0.1, 0.15) is 4.88 Å². The van der Waals surface area contributed by atoms with E-state index in [1.165, 1.54) is 16.9 Å². The topological polar surface area (TPSA) is 80.0 Å². The van der Waals surface area contributed by atoms with Gasteiger partial charge in [-0.05, 0) is 42.7 Å². The fourth-order valence-corrected chi connectivity index (χ4v) is 3.48. The minimum Gasteiger partial charge on any atom is -0.338 e. The average Bonchev–Trinajstić information content (AvgIpc) is 3.21. The molecule has 1 aromatic carbocycles. The summed E-state index contributed by atoms with van der Waals surface area (Å²) in [5.74, 6) is 1.68. The van der Waals surface area contributed by atoms with Gasteiger partial charge in [0.15, 0.2) is 5.82 Å². The Bertz CT molecular complexity index is 871. The van der Waals surface area contributed by atoms with E-state index in [1.54, 1.807) is 0 Å². The van der Waals surface area contributed by atoms with Crippen LogP contribution in [0.2, 0.25) is 0 Å². The molecule has 0 bridgehead atoms. The fourth-order valence-electron chi connectivity index (χ4n) is 2.71. The third-order valence-electron chi connectivity index (χ3n) is 4.26. The summed E-state index contributed by atoms with van der Waals surface area (Å²) < 4.78 is 5.36. The van der Waals surface area contributed by atoms with Gasteiger partial charge in [-0.15, -0.1) is 11.3 Å². The van der Waals surface area contributed by atoms with Crippen molar-refractivity contribution < 1.29 is 9.32 Å². The van der Waals surface area contributed by atoms with E-state index in [9.17, 15) is 4.79 Å². The Morgan fingerprint density at radius 2 is 2.08 bits per heavy atom. The monoisotopic (exact) mass is 368 g/mol. The Labute approximate surface area is 155 Å². The second-order valence-electron chi connectivity index (χ2n) is 6.37. The maximum absolute atomic E-state index is 12.1. The number of amides is 2. The number of nitrogens with zero attached hydrogens (tertiary/aromatic N) is 2. The summed E-state index contributed by atoms with van der Waals surface area (Å²) in [6.45, 7) is 0.618. The van der Waals surface area contributed by atoms with Crippen LogP contribution in [0, 0.1) is 0 Å². The third-order valence-corrected chi connectivity index (χ3v) is 5.16. The van der Waals surface area contributed by atoms with Crippen LogP contribution >= 0.6 is 11.3 Å². The van der Waals surface area contributed by atoms with E-state index in [4.69, 9.17) is 4.52 Å². The van der Waals surface area contributed by atoms with Crippen LogP contribution < -0.4 is 10.6 Å². The van der Waals surface area contributed by atoms with Crippen LogP contribution in [0.5, 0.6) is 0 Å². The molecule has 1 fully saturated rings. The molecule has 0 unspecified atom stereocenters. The quantitative estimate of drug-likeness (QED) is 0.605. The molecule has 2 heterocycles. The van der Waals surface area contributed by atoms with Crippen molar-refractivity contribution in [3.63, 3.8) is 0 Å². The molecule has 26 heavy (non-hydrogen) atoms. The highest BCUT2D eigenvalue weighted by Crippen LogP contribution is 2.40. The number of hydrogen-bond acceptors (Lipinski definition) is 5. The van der Waals surface area contributed by atoms with Crippen LogP contribution in [0.25, 0.3) is 10.8 Å². The molecule has 2 aromatic heterocycles. The lowest BCUT2D eigenvalue weighted by Gasteiger charge is -2.07. The summed E-state index contributed by atoms with van der Waals surface area (Å²) in [6.07, 6.45) is 4.08. The molecular weight excluding hydrogens is 348 g/mol. The Morgan fingerprint density at radius 3 is 2.88 bits per heavy atom. The lowest BCUT2D eigenvalue weighted by Crippen LogP contribution is -2.29. The normalized spacial score (nSPS) is 13.5. The summed E-state index contributed by atoms with van der Waals surface area (Å²) in [4.78, 5) is 17.4. The zero-order chi connectivity index (χ0) is 17.8. The van der Waals surface area contributed by atoms with Crippen molar-refractivity contribution >= 4 is 23.1 Å². The van der Waals surface area contributed by atoms with Crippen LogP contribution in [0.15, 0.2) is 46.3 Å². The second-order valence-corrected chi connectivity index (χ2v) is 7.28. The molecule has 6 nitrogen and oxygen atoms in total. The minimum atomic E-state index is -0.223. The van der Waals surface area contributed by atoms with E-state index in [0.717, 1.165) is 36.4 Å². The number of carbonyl (C=O) groups excluding carboxylic acids is 1. The molecule has 2 amide bonds. The van der Waals surface area contributed by atoms with Gasteiger partial charge >= 0.3 is 6.03 Å². The van der Waals surface area contributed by atoms with Gasteiger partial charge in [-0.25, -0.2) is 4.79 Å². The summed E-state index contributed by atoms with van der Waals surface area (Å²) >= 11 is 1.48. The molecule has 3 aromatic rings. The number of rotatable bonds is 7. The number of aryl methyl sites for hydroxylation is 1. The summed E-state index contributed by atoms with van der Waals surface area (Å²) in [7, 11) is 0. The summed E-state index contributed by atoms with van der Waals surface area (Å²) in [5.41, 5.74) is 1.97. The SMILES string of the molecule is O=C(NCCCc1ccccc1)Nc1ccsc1-c1nc(C2CC2)no1. The standard InChI is InChI=1S/C19H20N4O2S/c24-19(20-11-4-7-13-5-2-1-3-6-13)21-15-10-12-26-16(15)18-22-17(23-25-18)14-8-9-14/h1-3,5-6,10,12,14H,4,7-9,11H2,(H2,20,21,24). The zero-order valence-corrected chi connectivity index (χ0v) is 15.1. The lowest BCUT2D eigenvalue weighted by atomic mass is 10.1. The van der Waals surface area contributed by atoms with E-state index >= 15 is 0 Å². The van der Waals surface area contributed by atoms with Gasteiger partial charge in [0.25, 0.3) is 5.89 Å². The molecule has 1 aliphatic rings. The third kappa shape index (κ3) is 4.11. The van der Waals surface area contributed by atoms with Crippen LogP contribution in [-0.4, -0.2) is 22.7 Å². The van der Waals surface area contributed by atoms with Gasteiger partial charge < -0.3 is 15.2 Å². The van der Waals surface area contributed by atoms with Crippen molar-refractivity contribution in [1.82, 2.24) is 15.5 Å². The van der Waals surface area contributed by atoms with Gasteiger partial charge in [0, 0.05) is 12.5 Å². The number of thiophene rings is 1. The van der Waals surface area contributed by atoms with Crippen molar-refractivity contribution in [3.05, 3.63) is 53.2 Å². The number of anilines is 1. The Kier molecular flexibility index (Phi) is 4.97. The first-order valence-electron chi connectivity index (χ1n) is 8.80. The molecule has 0 radical (unpaired) electrons. The molecule has 1 saturated carbocycles. The van der Waals surface area contributed by atoms with Crippen molar-refractivity contribution in [1.29, 1.82) is 0 Å². The van der Waals surface area contributed by atoms with Crippen molar-refractivity contribution in [2.24, 2.45) is 0 Å². The number of carbonyl (C=O) groups is 1. The van der Waals surface area contributed by atoms with Crippen molar-refractivity contribution in [3.8, 4) is 10.8 Å². The number of urea groups is 1. The molecule has 1 aliphatic carbocycles. The van der Waals surface area contributed by atoms with E-state index < -0.39 is 0 Å². The van der Waals surface area contributed by atoms with Crippen LogP contribution in [0.1, 0.15) is 36.6 Å². The second kappa shape index (κ2) is 7.70. The van der Waals surface area contributed by atoms with Gasteiger partial charge in [-0.3, -0.25) is 0 Å². The minimum absolute atomic E-state index is 0.223. The predicted molar refractivity (Wildman–Crippen MR) is 101 cm³/mol. The molecule has 0 aliphatic heterocycles. The average molecular weight is 368 g/mol. The van der Waals surface area contributed by atoms with Crippen LogP contribution in [-0.2, 0) is 6.42 Å². The molecule has 0 atom stereocenters. The largest absolute Gasteiger partial charge is 0.338 e. The summed E-state index contributed by atoms with van der Waals surface area (Å²) in [5, 5.41) is 11.7. The van der Waals surface area contributed by atoms with E-state index in [0.29, 0.717) is 24.0 Å². The number of nitrogens with one attached hydrogen (secondary N) is 2. The highest BCUT2D eigenvalue weighted by Gasteiger charge is 2.29. The maximum Gasteiger partial charge on any atom is 0.319 e. The maximum atomic E-state index is 12.1. The number of hydrogen-bond donors (Lipinski definition) is 2. The highest BCUT2D eigenvalue weighted by atomic mass is 32.1. The molecule has 134 valence electrons. The van der Waals surface area contributed by atoms with Gasteiger partial charge in [0.2, 0.25) is 0 Å². The molecular formula is C19H20N4O2S. The lowest BCUT2D eigenvalue weighted by molar-refractivity contribution is 0.252. The Balaban J connectivity index is 1.28. The van der Waals surface area contributed by atoms with Crippen LogP contribution in [0.3, 0.4) is 0 Å². The zero-order valence-electron chi connectivity index (χ0n) is 14.3. The fraction of sp³-hybridized carbons (Fsp3) is 0.316.